The first kappa shape index (κ1) is 27.3. The maximum absolute atomic E-state index is 12.7. The molecule has 2 N–H and O–H groups in total. The highest BCUT2D eigenvalue weighted by atomic mass is 79.9. The summed E-state index contributed by atoms with van der Waals surface area (Å²) in [7, 11) is -4.87. The van der Waals surface area contributed by atoms with E-state index in [1.807, 2.05) is 0 Å². The number of benzene rings is 3. The van der Waals surface area contributed by atoms with Crippen LogP contribution in [0, 0.1) is 0 Å². The topological polar surface area (TPSA) is 131 Å². The third kappa shape index (κ3) is 6.89. The minimum Gasteiger partial charge on any atom is -0.497 e. The van der Waals surface area contributed by atoms with Gasteiger partial charge < -0.3 is 14.8 Å². The zero-order valence-electron chi connectivity index (χ0n) is 19.6. The van der Waals surface area contributed by atoms with Crippen molar-refractivity contribution in [1.29, 1.82) is 0 Å². The Morgan fingerprint density at radius 1 is 0.889 bits per heavy atom. The van der Waals surface area contributed by atoms with Crippen LogP contribution in [-0.4, -0.2) is 49.8 Å². The summed E-state index contributed by atoms with van der Waals surface area (Å²) in [6.45, 7) is -0.535. The van der Waals surface area contributed by atoms with Crippen LogP contribution in [0.15, 0.2) is 76.1 Å². The predicted octanol–water partition coefficient (Wildman–Crippen LogP) is 3.67. The number of hydrogen-bond acceptors (Lipinski definition) is 7. The number of methoxy groups -OCH3 is 2. The SMILES string of the molecule is COc1ccc(N(CC(=O)Nc2ccc(S(=O)(=O)Nc3ccc(Br)cc3)cc2)S(C)(=O)=O)c(OC)c1. The van der Waals surface area contributed by atoms with Crippen LogP contribution in [0.25, 0.3) is 0 Å². The van der Waals surface area contributed by atoms with Gasteiger partial charge in [-0.1, -0.05) is 15.9 Å². The van der Waals surface area contributed by atoms with Crippen LogP contribution in [0.1, 0.15) is 0 Å². The van der Waals surface area contributed by atoms with Crippen molar-refractivity contribution < 1.29 is 31.1 Å². The minimum atomic E-state index is -3.85. The second-order valence-corrected chi connectivity index (χ2v) is 12.0. The fourth-order valence-electron chi connectivity index (χ4n) is 3.15. The molecule has 0 heterocycles. The number of ether oxygens (including phenoxy) is 2. The molecule has 0 fully saturated rings. The summed E-state index contributed by atoms with van der Waals surface area (Å²) in [5, 5.41) is 2.58. The highest BCUT2D eigenvalue weighted by molar-refractivity contribution is 9.10. The molecule has 0 saturated carbocycles. The van der Waals surface area contributed by atoms with Crippen molar-refractivity contribution in [2.24, 2.45) is 0 Å². The molecule has 3 aromatic rings. The number of sulfonamides is 2. The molecule has 0 unspecified atom stereocenters. The number of nitrogens with zero attached hydrogens (tertiary/aromatic N) is 1. The second-order valence-electron chi connectivity index (χ2n) is 7.49. The lowest BCUT2D eigenvalue weighted by molar-refractivity contribution is -0.114. The van der Waals surface area contributed by atoms with Gasteiger partial charge in [0.25, 0.3) is 10.0 Å². The first-order valence-corrected chi connectivity index (χ1v) is 14.4. The summed E-state index contributed by atoms with van der Waals surface area (Å²) < 4.78 is 64.8. The smallest absolute Gasteiger partial charge is 0.261 e. The maximum Gasteiger partial charge on any atom is 0.261 e. The molecule has 1 amide bonds. The number of carbonyl (C=O) groups is 1. The number of nitrogens with one attached hydrogen (secondary N) is 2. The van der Waals surface area contributed by atoms with E-state index >= 15 is 0 Å². The number of rotatable bonds is 10. The van der Waals surface area contributed by atoms with Crippen LogP contribution in [0.5, 0.6) is 11.5 Å². The zero-order chi connectivity index (χ0) is 26.5. The number of amides is 1. The van der Waals surface area contributed by atoms with E-state index in [1.54, 1.807) is 30.3 Å². The van der Waals surface area contributed by atoms with Gasteiger partial charge in [0.2, 0.25) is 15.9 Å². The van der Waals surface area contributed by atoms with Gasteiger partial charge in [-0.2, -0.15) is 0 Å². The Labute approximate surface area is 218 Å². The Morgan fingerprint density at radius 2 is 1.50 bits per heavy atom. The van der Waals surface area contributed by atoms with Crippen LogP contribution in [-0.2, 0) is 24.8 Å². The van der Waals surface area contributed by atoms with Gasteiger partial charge in [0.1, 0.15) is 18.0 Å². The summed E-state index contributed by atoms with van der Waals surface area (Å²) in [6.07, 6.45) is 0.974. The zero-order valence-corrected chi connectivity index (χ0v) is 22.8. The molecule has 0 aliphatic carbocycles. The highest BCUT2D eigenvalue weighted by Gasteiger charge is 2.24. The molecule has 0 atom stereocenters. The van der Waals surface area contributed by atoms with Crippen LogP contribution in [0.2, 0.25) is 0 Å². The maximum atomic E-state index is 12.7. The summed E-state index contributed by atoms with van der Waals surface area (Å²) in [5.41, 5.74) is 0.847. The van der Waals surface area contributed by atoms with Crippen LogP contribution >= 0.6 is 15.9 Å². The monoisotopic (exact) mass is 597 g/mol. The molecule has 0 aliphatic heterocycles. The van der Waals surface area contributed by atoms with E-state index in [0.29, 0.717) is 11.4 Å². The van der Waals surface area contributed by atoms with Gasteiger partial charge in [-0.3, -0.25) is 13.8 Å². The van der Waals surface area contributed by atoms with E-state index in [-0.39, 0.29) is 22.0 Å². The number of carbonyl (C=O) groups excluding carboxylic acids is 1. The molecular weight excluding hydrogens is 574 g/mol. The van der Waals surface area contributed by atoms with Gasteiger partial charge in [0.15, 0.2) is 0 Å². The van der Waals surface area contributed by atoms with Crippen molar-refractivity contribution in [3.63, 3.8) is 0 Å². The highest BCUT2D eigenvalue weighted by Crippen LogP contribution is 2.33. The van der Waals surface area contributed by atoms with Gasteiger partial charge in [0, 0.05) is 21.9 Å². The van der Waals surface area contributed by atoms with E-state index in [4.69, 9.17) is 9.47 Å². The van der Waals surface area contributed by atoms with Crippen molar-refractivity contribution >= 4 is 58.9 Å². The normalized spacial score (nSPS) is 11.4. The van der Waals surface area contributed by atoms with E-state index in [2.05, 4.69) is 26.0 Å². The van der Waals surface area contributed by atoms with Gasteiger partial charge >= 0.3 is 0 Å². The summed E-state index contributed by atoms with van der Waals surface area (Å²) in [4.78, 5) is 12.7. The van der Waals surface area contributed by atoms with Crippen molar-refractivity contribution in [3.8, 4) is 11.5 Å². The Balaban J connectivity index is 1.74. The van der Waals surface area contributed by atoms with Crippen molar-refractivity contribution in [1.82, 2.24) is 0 Å². The quantitative estimate of drug-likeness (QED) is 0.364. The van der Waals surface area contributed by atoms with E-state index in [0.717, 1.165) is 15.0 Å². The van der Waals surface area contributed by atoms with Crippen LogP contribution < -0.4 is 23.8 Å². The molecule has 0 aliphatic rings. The molecular formula is C23H24BrN3O7S2. The average molecular weight is 598 g/mol. The molecule has 0 saturated heterocycles. The van der Waals surface area contributed by atoms with Crippen LogP contribution in [0.3, 0.4) is 0 Å². The fraction of sp³-hybridized carbons (Fsp3) is 0.174. The molecule has 0 bridgehead atoms. The lowest BCUT2D eigenvalue weighted by Gasteiger charge is -2.24. The van der Waals surface area contributed by atoms with Gasteiger partial charge in [-0.05, 0) is 60.7 Å². The second kappa shape index (κ2) is 11.2. The average Bonchev–Trinajstić information content (AvgIpc) is 2.83. The van der Waals surface area contributed by atoms with E-state index < -0.39 is 32.5 Å². The van der Waals surface area contributed by atoms with Gasteiger partial charge in [0.05, 0.1) is 31.1 Å². The molecule has 192 valence electrons. The molecule has 0 radical (unpaired) electrons. The molecule has 3 aromatic carbocycles. The van der Waals surface area contributed by atoms with Crippen molar-refractivity contribution in [2.45, 2.75) is 4.90 Å². The Bertz CT molecular complexity index is 1440. The van der Waals surface area contributed by atoms with Gasteiger partial charge in [-0.25, -0.2) is 16.8 Å². The summed E-state index contributed by atoms with van der Waals surface area (Å²) in [5.74, 6) is 0.0282. The number of hydrogen-bond donors (Lipinski definition) is 2. The standard InChI is InChI=1S/C23H24BrN3O7S2/c1-33-19-10-13-21(22(14-19)34-2)27(35(3,29)30)15-23(28)25-17-8-11-20(12-9-17)36(31,32)26-18-6-4-16(24)5-7-18/h4-14,26H,15H2,1-3H3,(H,25,28). The molecule has 0 aromatic heterocycles. The third-order valence-electron chi connectivity index (χ3n) is 4.89. The predicted molar refractivity (Wildman–Crippen MR) is 142 cm³/mol. The Hall–Kier alpha value is -3.29. The van der Waals surface area contributed by atoms with Crippen molar-refractivity contribution in [3.05, 3.63) is 71.2 Å². The van der Waals surface area contributed by atoms with E-state index in [1.165, 1.54) is 50.6 Å². The van der Waals surface area contributed by atoms with Gasteiger partial charge in [-0.15, -0.1) is 0 Å². The number of anilines is 3. The molecule has 36 heavy (non-hydrogen) atoms. The van der Waals surface area contributed by atoms with Crippen LogP contribution in [0.4, 0.5) is 17.1 Å². The first-order chi connectivity index (χ1) is 16.9. The largest absolute Gasteiger partial charge is 0.497 e. The lowest BCUT2D eigenvalue weighted by Crippen LogP contribution is -2.37. The molecule has 10 nitrogen and oxygen atoms in total. The summed E-state index contributed by atoms with van der Waals surface area (Å²) >= 11 is 3.29. The first-order valence-electron chi connectivity index (χ1n) is 10.3. The molecule has 0 spiro atoms. The molecule has 13 heteroatoms. The Kier molecular flexibility index (Phi) is 8.48. The third-order valence-corrected chi connectivity index (χ3v) is 7.94. The number of halogens is 1. The molecule has 3 rings (SSSR count). The van der Waals surface area contributed by atoms with Crippen molar-refractivity contribution in [2.75, 3.05) is 41.4 Å². The van der Waals surface area contributed by atoms with E-state index in [9.17, 15) is 21.6 Å². The fourth-order valence-corrected chi connectivity index (χ4v) is 5.34. The lowest BCUT2D eigenvalue weighted by atomic mass is 10.2. The Morgan fingerprint density at radius 3 is 2.06 bits per heavy atom. The summed E-state index contributed by atoms with van der Waals surface area (Å²) in [6, 6.07) is 16.7. The minimum absolute atomic E-state index is 0.0100.